The zero-order valence-electron chi connectivity index (χ0n) is 11.7. The van der Waals surface area contributed by atoms with Crippen molar-refractivity contribution in [3.05, 3.63) is 30.3 Å². The van der Waals surface area contributed by atoms with Crippen LogP contribution in [0.5, 0.6) is 0 Å². The first kappa shape index (κ1) is 14.9. The predicted octanol–water partition coefficient (Wildman–Crippen LogP) is 2.01. The summed E-state index contributed by atoms with van der Waals surface area (Å²) in [5, 5.41) is 2.94. The zero-order valence-corrected chi connectivity index (χ0v) is 12.5. The summed E-state index contributed by atoms with van der Waals surface area (Å²) < 4.78 is 0. The Morgan fingerprint density at radius 3 is 2.50 bits per heavy atom. The van der Waals surface area contributed by atoms with Gasteiger partial charge >= 0.3 is 0 Å². The highest BCUT2D eigenvalue weighted by Crippen LogP contribution is 2.19. The molecule has 0 bridgehead atoms. The van der Waals surface area contributed by atoms with Gasteiger partial charge in [-0.3, -0.25) is 9.69 Å². The molecule has 0 radical (unpaired) electrons. The monoisotopic (exact) mass is 291 g/mol. The quantitative estimate of drug-likeness (QED) is 0.833. The minimum atomic E-state index is -0.137. The molecule has 1 atom stereocenters. The SMILES string of the molecule is CC(C(=O)Nc1ccccc1)N1CCC(C(N)=S)CC1. The molecule has 5 heteroatoms. The second kappa shape index (κ2) is 6.81. The summed E-state index contributed by atoms with van der Waals surface area (Å²) in [4.78, 5) is 15.0. The molecule has 1 aliphatic heterocycles. The number of anilines is 1. The molecule has 1 saturated heterocycles. The molecule has 1 heterocycles. The van der Waals surface area contributed by atoms with Gasteiger partial charge in [-0.2, -0.15) is 0 Å². The molecule has 3 N–H and O–H groups in total. The lowest BCUT2D eigenvalue weighted by molar-refractivity contribution is -0.121. The van der Waals surface area contributed by atoms with Gasteiger partial charge in [0.15, 0.2) is 0 Å². The smallest absolute Gasteiger partial charge is 0.241 e. The molecule has 0 saturated carbocycles. The third-order valence-corrected chi connectivity index (χ3v) is 4.23. The van der Waals surface area contributed by atoms with Crippen molar-refractivity contribution in [3.63, 3.8) is 0 Å². The van der Waals surface area contributed by atoms with Crippen LogP contribution in [0.25, 0.3) is 0 Å². The highest BCUT2D eigenvalue weighted by Gasteiger charge is 2.27. The van der Waals surface area contributed by atoms with E-state index in [1.54, 1.807) is 0 Å². The van der Waals surface area contributed by atoms with Gasteiger partial charge in [0.25, 0.3) is 0 Å². The van der Waals surface area contributed by atoms with Crippen LogP contribution in [0.15, 0.2) is 30.3 Å². The van der Waals surface area contributed by atoms with Crippen molar-refractivity contribution in [2.75, 3.05) is 18.4 Å². The summed E-state index contributed by atoms with van der Waals surface area (Å²) in [5.41, 5.74) is 6.52. The fourth-order valence-corrected chi connectivity index (χ4v) is 2.74. The number of carbonyl (C=O) groups excluding carboxylic acids is 1. The van der Waals surface area contributed by atoms with Crippen LogP contribution in [0.1, 0.15) is 19.8 Å². The van der Waals surface area contributed by atoms with E-state index < -0.39 is 0 Å². The van der Waals surface area contributed by atoms with E-state index in [0.717, 1.165) is 31.6 Å². The first-order valence-electron chi connectivity index (χ1n) is 6.97. The molecule has 0 aliphatic carbocycles. The number of hydrogen-bond donors (Lipinski definition) is 2. The summed E-state index contributed by atoms with van der Waals surface area (Å²) in [7, 11) is 0. The lowest BCUT2D eigenvalue weighted by Gasteiger charge is -2.34. The predicted molar refractivity (Wildman–Crippen MR) is 85.6 cm³/mol. The number of nitrogens with zero attached hydrogens (tertiary/aromatic N) is 1. The maximum Gasteiger partial charge on any atom is 0.241 e. The maximum absolute atomic E-state index is 12.2. The Morgan fingerprint density at radius 2 is 1.95 bits per heavy atom. The van der Waals surface area contributed by atoms with Crippen LogP contribution >= 0.6 is 12.2 Å². The molecule has 1 aliphatic rings. The molecule has 1 amide bonds. The van der Waals surface area contributed by atoms with E-state index in [0.29, 0.717) is 10.9 Å². The molecular formula is C15H21N3OS. The molecule has 1 aromatic carbocycles. The van der Waals surface area contributed by atoms with Gasteiger partial charge in [-0.05, 0) is 45.0 Å². The highest BCUT2D eigenvalue weighted by molar-refractivity contribution is 7.80. The van der Waals surface area contributed by atoms with Crippen molar-refractivity contribution in [2.45, 2.75) is 25.8 Å². The number of para-hydroxylation sites is 1. The standard InChI is InChI=1S/C15H21N3OS/c1-11(15(19)17-13-5-3-2-4-6-13)18-9-7-12(8-10-18)14(16)20/h2-6,11-12H,7-10H2,1H3,(H2,16,20)(H,17,19). The van der Waals surface area contributed by atoms with E-state index in [9.17, 15) is 4.79 Å². The number of piperidine rings is 1. The van der Waals surface area contributed by atoms with Crippen LogP contribution in [-0.4, -0.2) is 34.9 Å². The Morgan fingerprint density at radius 1 is 1.35 bits per heavy atom. The summed E-state index contributed by atoms with van der Waals surface area (Å²) in [5.74, 6) is 0.357. The van der Waals surface area contributed by atoms with Crippen LogP contribution in [0.4, 0.5) is 5.69 Å². The van der Waals surface area contributed by atoms with Gasteiger partial charge in [0.2, 0.25) is 5.91 Å². The number of amides is 1. The Labute approximate surface area is 125 Å². The molecule has 4 nitrogen and oxygen atoms in total. The molecule has 108 valence electrons. The van der Waals surface area contributed by atoms with Crippen molar-refractivity contribution in [2.24, 2.45) is 11.7 Å². The number of rotatable bonds is 4. The average molecular weight is 291 g/mol. The number of carbonyl (C=O) groups is 1. The van der Waals surface area contributed by atoms with Gasteiger partial charge in [-0.15, -0.1) is 0 Å². The molecule has 1 aromatic rings. The summed E-state index contributed by atoms with van der Waals surface area (Å²) in [6.45, 7) is 3.68. The van der Waals surface area contributed by atoms with Gasteiger partial charge in [0, 0.05) is 11.6 Å². The Bertz CT molecular complexity index is 469. The highest BCUT2D eigenvalue weighted by atomic mass is 32.1. The average Bonchev–Trinajstić information content (AvgIpc) is 2.47. The topological polar surface area (TPSA) is 58.4 Å². The lowest BCUT2D eigenvalue weighted by Crippen LogP contribution is -2.47. The summed E-state index contributed by atoms with van der Waals surface area (Å²) in [6, 6.07) is 9.40. The first-order valence-corrected chi connectivity index (χ1v) is 7.38. The minimum absolute atomic E-state index is 0.0324. The number of nitrogens with two attached hydrogens (primary N) is 1. The van der Waals surface area contributed by atoms with Crippen LogP contribution in [0, 0.1) is 5.92 Å². The van der Waals surface area contributed by atoms with Gasteiger partial charge < -0.3 is 11.1 Å². The van der Waals surface area contributed by atoms with E-state index in [1.807, 2.05) is 37.3 Å². The van der Waals surface area contributed by atoms with Crippen LogP contribution in [-0.2, 0) is 4.79 Å². The Hall–Kier alpha value is -1.46. The molecule has 1 fully saturated rings. The molecule has 2 rings (SSSR count). The van der Waals surface area contributed by atoms with E-state index in [1.165, 1.54) is 0 Å². The van der Waals surface area contributed by atoms with Gasteiger partial charge in [-0.25, -0.2) is 0 Å². The van der Waals surface area contributed by atoms with E-state index in [2.05, 4.69) is 10.2 Å². The van der Waals surface area contributed by atoms with Gasteiger partial charge in [0.05, 0.1) is 11.0 Å². The summed E-state index contributed by atoms with van der Waals surface area (Å²) in [6.07, 6.45) is 1.89. The second-order valence-corrected chi connectivity index (χ2v) is 5.72. The third kappa shape index (κ3) is 3.77. The normalized spacial score (nSPS) is 18.4. The van der Waals surface area contributed by atoms with E-state index in [4.69, 9.17) is 18.0 Å². The van der Waals surface area contributed by atoms with E-state index in [-0.39, 0.29) is 11.9 Å². The zero-order chi connectivity index (χ0) is 14.5. The summed E-state index contributed by atoms with van der Waals surface area (Å²) >= 11 is 5.04. The Balaban J connectivity index is 1.87. The minimum Gasteiger partial charge on any atom is -0.393 e. The molecular weight excluding hydrogens is 270 g/mol. The van der Waals surface area contributed by atoms with Gasteiger partial charge in [0.1, 0.15) is 0 Å². The molecule has 1 unspecified atom stereocenters. The van der Waals surface area contributed by atoms with Crippen molar-refractivity contribution in [3.8, 4) is 0 Å². The molecule has 0 aromatic heterocycles. The van der Waals surface area contributed by atoms with Crippen molar-refractivity contribution in [1.82, 2.24) is 4.90 Å². The number of benzene rings is 1. The number of hydrogen-bond acceptors (Lipinski definition) is 3. The van der Waals surface area contributed by atoms with Crippen molar-refractivity contribution in [1.29, 1.82) is 0 Å². The molecule has 20 heavy (non-hydrogen) atoms. The van der Waals surface area contributed by atoms with Gasteiger partial charge in [-0.1, -0.05) is 30.4 Å². The van der Waals surface area contributed by atoms with E-state index >= 15 is 0 Å². The van der Waals surface area contributed by atoms with Crippen LogP contribution in [0.3, 0.4) is 0 Å². The first-order chi connectivity index (χ1) is 9.58. The second-order valence-electron chi connectivity index (χ2n) is 5.24. The number of nitrogens with one attached hydrogen (secondary N) is 1. The maximum atomic E-state index is 12.2. The third-order valence-electron chi connectivity index (χ3n) is 3.90. The fraction of sp³-hybridized carbons (Fsp3) is 0.467. The Kier molecular flexibility index (Phi) is 5.09. The van der Waals surface area contributed by atoms with Crippen molar-refractivity contribution < 1.29 is 4.79 Å². The van der Waals surface area contributed by atoms with Crippen LogP contribution in [0.2, 0.25) is 0 Å². The number of likely N-dealkylation sites (tertiary alicyclic amines) is 1. The van der Waals surface area contributed by atoms with Crippen LogP contribution < -0.4 is 11.1 Å². The fourth-order valence-electron chi connectivity index (χ4n) is 2.51. The lowest BCUT2D eigenvalue weighted by atomic mass is 9.96. The van der Waals surface area contributed by atoms with Crippen molar-refractivity contribution >= 4 is 28.8 Å². The number of thiocarbonyl (C=S) groups is 1. The molecule has 0 spiro atoms. The largest absolute Gasteiger partial charge is 0.393 e.